The van der Waals surface area contributed by atoms with Crippen LogP contribution >= 0.6 is 27.5 Å². The van der Waals surface area contributed by atoms with Gasteiger partial charge in [-0.05, 0) is 75.1 Å². The zero-order chi connectivity index (χ0) is 20.6. The van der Waals surface area contributed by atoms with Crippen molar-refractivity contribution < 1.29 is 13.9 Å². The summed E-state index contributed by atoms with van der Waals surface area (Å²) in [5.74, 6) is 1.53. The first-order chi connectivity index (χ1) is 14.1. The summed E-state index contributed by atoms with van der Waals surface area (Å²) in [5.41, 5.74) is 1.43. The van der Waals surface area contributed by atoms with E-state index in [-0.39, 0.29) is 12.4 Å². The molecule has 1 aliphatic heterocycles. The van der Waals surface area contributed by atoms with Gasteiger partial charge in [-0.25, -0.2) is 4.39 Å². The average Bonchev–Trinajstić information content (AvgIpc) is 2.71. The largest absolute Gasteiger partial charge is 0.490 e. The Hall–Kier alpha value is -1.34. The maximum atomic E-state index is 14.0. The molecule has 1 fully saturated rings. The molecule has 3 rings (SSSR count). The molecule has 0 bridgehead atoms. The normalized spacial score (nSPS) is 14.8. The van der Waals surface area contributed by atoms with Gasteiger partial charge in [-0.2, -0.15) is 0 Å². The van der Waals surface area contributed by atoms with E-state index in [0.29, 0.717) is 28.7 Å². The molecule has 1 aliphatic rings. The van der Waals surface area contributed by atoms with Gasteiger partial charge >= 0.3 is 0 Å². The minimum atomic E-state index is -0.381. The molecule has 7 heteroatoms. The Kier molecular flexibility index (Phi) is 8.60. The summed E-state index contributed by atoms with van der Waals surface area (Å²) >= 11 is 9.73. The van der Waals surface area contributed by atoms with Gasteiger partial charge in [0, 0.05) is 16.6 Å². The third kappa shape index (κ3) is 6.32. The second kappa shape index (κ2) is 11.2. The molecule has 0 unspecified atom stereocenters. The first-order valence-corrected chi connectivity index (χ1v) is 11.2. The number of hydrogen-bond donors (Lipinski definition) is 2. The summed E-state index contributed by atoms with van der Waals surface area (Å²) in [4.78, 5) is 0. The van der Waals surface area contributed by atoms with Crippen LogP contribution in [0, 0.1) is 11.7 Å². The van der Waals surface area contributed by atoms with Gasteiger partial charge < -0.3 is 20.1 Å². The van der Waals surface area contributed by atoms with E-state index in [0.717, 1.165) is 42.1 Å². The molecule has 0 aromatic heterocycles. The van der Waals surface area contributed by atoms with Crippen molar-refractivity contribution in [2.24, 2.45) is 5.92 Å². The average molecular weight is 486 g/mol. The quantitative estimate of drug-likeness (QED) is 0.505. The molecular weight excluding hydrogens is 459 g/mol. The number of halogens is 3. The summed E-state index contributed by atoms with van der Waals surface area (Å²) in [6, 6.07) is 8.46. The minimum Gasteiger partial charge on any atom is -0.490 e. The fraction of sp³-hybridized carbons (Fsp3) is 0.455. The molecule has 1 heterocycles. The van der Waals surface area contributed by atoms with Gasteiger partial charge in [-0.15, -0.1) is 0 Å². The van der Waals surface area contributed by atoms with Gasteiger partial charge in [0.25, 0.3) is 0 Å². The van der Waals surface area contributed by atoms with E-state index in [1.54, 1.807) is 12.1 Å². The Morgan fingerprint density at radius 1 is 1.21 bits per heavy atom. The molecule has 2 N–H and O–H groups in total. The monoisotopic (exact) mass is 484 g/mol. The van der Waals surface area contributed by atoms with Crippen LogP contribution in [0.15, 0.2) is 34.8 Å². The molecular formula is C22H27BrClFN2O2. The first-order valence-electron chi connectivity index (χ1n) is 10.0. The highest BCUT2D eigenvalue weighted by Crippen LogP contribution is 2.35. The van der Waals surface area contributed by atoms with E-state index >= 15 is 0 Å². The Morgan fingerprint density at radius 2 is 1.97 bits per heavy atom. The summed E-state index contributed by atoms with van der Waals surface area (Å²) in [7, 11) is 0. The Labute approximate surface area is 185 Å². The van der Waals surface area contributed by atoms with Crippen LogP contribution in [0.1, 0.15) is 30.9 Å². The summed E-state index contributed by atoms with van der Waals surface area (Å²) in [5, 5.41) is 7.29. The molecule has 2 aromatic carbocycles. The molecule has 0 saturated carbocycles. The second-order valence-corrected chi connectivity index (χ2v) is 8.40. The summed E-state index contributed by atoms with van der Waals surface area (Å²) in [6.45, 7) is 6.41. The third-order valence-corrected chi connectivity index (χ3v) is 6.15. The predicted molar refractivity (Wildman–Crippen MR) is 118 cm³/mol. The first kappa shape index (κ1) is 22.3. The molecule has 0 radical (unpaired) electrons. The van der Waals surface area contributed by atoms with Crippen LogP contribution < -0.4 is 20.1 Å². The predicted octanol–water partition coefficient (Wildman–Crippen LogP) is 5.31. The lowest BCUT2D eigenvalue weighted by Crippen LogP contribution is -2.33. The Bertz CT molecular complexity index is 795. The van der Waals surface area contributed by atoms with Crippen molar-refractivity contribution >= 4 is 27.5 Å². The van der Waals surface area contributed by atoms with Crippen molar-refractivity contribution in [3.05, 3.63) is 56.8 Å². The highest BCUT2D eigenvalue weighted by atomic mass is 79.9. The van der Waals surface area contributed by atoms with Crippen molar-refractivity contribution in [3.8, 4) is 11.5 Å². The molecule has 158 valence electrons. The van der Waals surface area contributed by atoms with Crippen molar-refractivity contribution in [2.75, 3.05) is 26.2 Å². The van der Waals surface area contributed by atoms with Crippen LogP contribution in [-0.2, 0) is 13.2 Å². The van der Waals surface area contributed by atoms with E-state index in [4.69, 9.17) is 21.1 Å². The van der Waals surface area contributed by atoms with E-state index in [1.165, 1.54) is 18.9 Å². The van der Waals surface area contributed by atoms with Gasteiger partial charge in [-0.1, -0.05) is 33.6 Å². The molecule has 0 amide bonds. The maximum Gasteiger partial charge on any atom is 0.162 e. The van der Waals surface area contributed by atoms with Crippen molar-refractivity contribution in [2.45, 2.75) is 32.9 Å². The van der Waals surface area contributed by atoms with Crippen molar-refractivity contribution in [3.63, 3.8) is 0 Å². The minimum absolute atomic E-state index is 0.0331. The fourth-order valence-electron chi connectivity index (χ4n) is 3.41. The van der Waals surface area contributed by atoms with E-state index in [9.17, 15) is 4.39 Å². The zero-order valence-electron chi connectivity index (χ0n) is 16.6. The van der Waals surface area contributed by atoms with Gasteiger partial charge in [0.05, 0.1) is 11.6 Å². The summed E-state index contributed by atoms with van der Waals surface area (Å²) in [6.07, 6.45) is 2.42. The number of piperidine rings is 1. The molecule has 1 saturated heterocycles. The molecule has 0 aliphatic carbocycles. The molecule has 0 spiro atoms. The molecule has 29 heavy (non-hydrogen) atoms. The maximum absolute atomic E-state index is 14.0. The van der Waals surface area contributed by atoms with Crippen molar-refractivity contribution in [1.82, 2.24) is 10.6 Å². The zero-order valence-corrected chi connectivity index (χ0v) is 18.9. The molecule has 0 atom stereocenters. The fourth-order valence-corrected chi connectivity index (χ4v) is 4.09. The van der Waals surface area contributed by atoms with E-state index in [1.807, 2.05) is 19.1 Å². The molecule has 4 nitrogen and oxygen atoms in total. The Balaban J connectivity index is 1.66. The van der Waals surface area contributed by atoms with Gasteiger partial charge in [-0.3, -0.25) is 0 Å². The number of benzene rings is 2. The lowest BCUT2D eigenvalue weighted by molar-refractivity contribution is 0.265. The molecule has 2 aromatic rings. The number of ether oxygens (including phenoxy) is 2. The lowest BCUT2D eigenvalue weighted by Gasteiger charge is -2.23. The smallest absolute Gasteiger partial charge is 0.162 e. The van der Waals surface area contributed by atoms with Crippen LogP contribution in [-0.4, -0.2) is 26.2 Å². The number of hydrogen-bond acceptors (Lipinski definition) is 4. The number of rotatable bonds is 9. The highest BCUT2D eigenvalue weighted by Gasteiger charge is 2.15. The highest BCUT2D eigenvalue weighted by molar-refractivity contribution is 9.10. The SMILES string of the molecule is CCOc1cc(CNCC2CCNCC2)c(Br)cc1OCc1c(F)cccc1Cl. The Morgan fingerprint density at radius 3 is 2.69 bits per heavy atom. The van der Waals surface area contributed by atoms with E-state index < -0.39 is 0 Å². The van der Waals surface area contributed by atoms with Gasteiger partial charge in [0.2, 0.25) is 0 Å². The van der Waals surface area contributed by atoms with Crippen LogP contribution in [0.5, 0.6) is 11.5 Å². The van der Waals surface area contributed by atoms with Crippen molar-refractivity contribution in [1.29, 1.82) is 0 Å². The van der Waals surface area contributed by atoms with Gasteiger partial charge in [0.15, 0.2) is 11.5 Å². The standard InChI is InChI=1S/C22H27BrClFN2O2/c1-2-28-21-10-16(13-27-12-15-6-8-26-9-7-15)18(23)11-22(21)29-14-17-19(24)4-3-5-20(17)25/h3-5,10-11,15,26-27H,2,6-9,12-14H2,1H3. The van der Waals surface area contributed by atoms with Crippen LogP contribution in [0.2, 0.25) is 5.02 Å². The lowest BCUT2D eigenvalue weighted by atomic mass is 9.98. The van der Waals surface area contributed by atoms with Gasteiger partial charge in [0.1, 0.15) is 12.4 Å². The summed E-state index contributed by atoms with van der Waals surface area (Å²) < 4.78 is 26.6. The third-order valence-electron chi connectivity index (χ3n) is 5.05. The van der Waals surface area contributed by atoms with Crippen LogP contribution in [0.25, 0.3) is 0 Å². The van der Waals surface area contributed by atoms with E-state index in [2.05, 4.69) is 26.6 Å². The number of nitrogens with one attached hydrogen (secondary N) is 2. The second-order valence-electron chi connectivity index (χ2n) is 7.14. The van der Waals surface area contributed by atoms with Crippen LogP contribution in [0.3, 0.4) is 0 Å². The van der Waals surface area contributed by atoms with Crippen LogP contribution in [0.4, 0.5) is 4.39 Å². The topological polar surface area (TPSA) is 42.5 Å².